The fourth-order valence-electron chi connectivity index (χ4n) is 3.70. The summed E-state index contributed by atoms with van der Waals surface area (Å²) in [5, 5.41) is 0. The average Bonchev–Trinajstić information content (AvgIpc) is 3.10. The van der Waals surface area contributed by atoms with Gasteiger partial charge < -0.3 is 9.15 Å². The highest BCUT2D eigenvalue weighted by Gasteiger charge is 2.41. The van der Waals surface area contributed by atoms with Crippen molar-refractivity contribution < 1.29 is 13.9 Å². The maximum Gasteiger partial charge on any atom is 0.373 e. The van der Waals surface area contributed by atoms with Gasteiger partial charge in [0.15, 0.2) is 0 Å². The molecule has 0 unspecified atom stereocenters. The Morgan fingerprint density at radius 3 is 2.54 bits per heavy atom. The second-order valence-corrected chi connectivity index (χ2v) is 9.27. The van der Waals surface area contributed by atoms with Gasteiger partial charge in [0.05, 0.1) is 7.11 Å². The lowest BCUT2D eigenvalue weighted by Crippen LogP contribution is -2.33. The van der Waals surface area contributed by atoms with Crippen LogP contribution in [0, 0.1) is 6.92 Å². The molecule has 4 heteroatoms. The lowest BCUT2D eigenvalue weighted by molar-refractivity contribution is 0.0563. The minimum Gasteiger partial charge on any atom is -0.463 e. The first-order valence-corrected chi connectivity index (χ1v) is 9.27. The number of ether oxygens (including phenoxy) is 1. The lowest BCUT2D eigenvalue weighted by Gasteiger charge is -2.40. The van der Waals surface area contributed by atoms with Crippen molar-refractivity contribution in [3.63, 3.8) is 0 Å². The fraction of sp³-hybridized carbons (Fsp3) is 0.550. The summed E-state index contributed by atoms with van der Waals surface area (Å²) in [4.78, 5) is 14.5. The third-order valence-electron chi connectivity index (χ3n) is 5.27. The number of fused-ring (bicyclic) bond motifs is 1. The molecule has 130 valence electrons. The Morgan fingerprint density at radius 1 is 1.21 bits per heavy atom. The lowest BCUT2D eigenvalue weighted by atomic mass is 9.65. The van der Waals surface area contributed by atoms with Crippen LogP contribution in [0.3, 0.4) is 0 Å². The quantitative estimate of drug-likeness (QED) is 0.701. The zero-order valence-electron chi connectivity index (χ0n) is 15.4. The number of thiophene rings is 1. The van der Waals surface area contributed by atoms with Gasteiger partial charge in [-0.05, 0) is 53.9 Å². The van der Waals surface area contributed by atoms with E-state index in [9.17, 15) is 4.79 Å². The van der Waals surface area contributed by atoms with Crippen molar-refractivity contribution in [2.75, 3.05) is 7.11 Å². The first-order chi connectivity index (χ1) is 11.2. The van der Waals surface area contributed by atoms with Crippen molar-refractivity contribution in [1.29, 1.82) is 0 Å². The molecular formula is C20H26O3S. The second-order valence-electron chi connectivity index (χ2n) is 8.04. The summed E-state index contributed by atoms with van der Waals surface area (Å²) in [6, 6.07) is 3.58. The van der Waals surface area contributed by atoms with Crippen LogP contribution in [0.15, 0.2) is 16.5 Å². The van der Waals surface area contributed by atoms with Crippen molar-refractivity contribution in [2.45, 2.75) is 64.7 Å². The van der Waals surface area contributed by atoms with Gasteiger partial charge in [-0.15, -0.1) is 11.3 Å². The number of hydrogen-bond donors (Lipinski definition) is 0. The van der Waals surface area contributed by atoms with E-state index in [0.717, 1.165) is 12.2 Å². The first kappa shape index (κ1) is 17.3. The fourth-order valence-corrected chi connectivity index (χ4v) is 5.19. The highest BCUT2D eigenvalue weighted by atomic mass is 32.1. The molecule has 3 rings (SSSR count). The minimum atomic E-state index is -0.424. The molecule has 0 fully saturated rings. The molecule has 0 radical (unpaired) electrons. The monoisotopic (exact) mass is 346 g/mol. The van der Waals surface area contributed by atoms with Crippen molar-refractivity contribution in [1.82, 2.24) is 0 Å². The van der Waals surface area contributed by atoms with Gasteiger partial charge in [-0.2, -0.15) is 0 Å². The Morgan fingerprint density at radius 2 is 1.88 bits per heavy atom. The zero-order chi connectivity index (χ0) is 17.7. The number of esters is 1. The average molecular weight is 346 g/mol. The van der Waals surface area contributed by atoms with Gasteiger partial charge in [0.1, 0.15) is 5.76 Å². The Bertz CT molecular complexity index is 777. The summed E-state index contributed by atoms with van der Waals surface area (Å²) in [5.41, 5.74) is 3.29. The van der Waals surface area contributed by atoms with Crippen LogP contribution in [0.2, 0.25) is 0 Å². The molecule has 0 bridgehead atoms. The van der Waals surface area contributed by atoms with E-state index in [-0.39, 0.29) is 16.6 Å². The Balaban J connectivity index is 2.02. The van der Waals surface area contributed by atoms with Gasteiger partial charge in [0.2, 0.25) is 5.76 Å². The maximum atomic E-state index is 11.6. The van der Waals surface area contributed by atoms with Gasteiger partial charge in [-0.1, -0.05) is 27.7 Å². The third kappa shape index (κ3) is 2.81. The highest BCUT2D eigenvalue weighted by Crippen LogP contribution is 2.51. The number of hydrogen-bond acceptors (Lipinski definition) is 4. The molecule has 24 heavy (non-hydrogen) atoms. The molecule has 0 atom stereocenters. The molecule has 1 aliphatic carbocycles. The Kier molecular flexibility index (Phi) is 4.15. The predicted molar refractivity (Wildman–Crippen MR) is 97.2 cm³/mol. The molecule has 3 nitrogen and oxygen atoms in total. The predicted octanol–water partition coefficient (Wildman–Crippen LogP) is 5.38. The molecule has 2 heterocycles. The van der Waals surface area contributed by atoms with Crippen LogP contribution in [0.1, 0.15) is 77.7 Å². The summed E-state index contributed by atoms with van der Waals surface area (Å²) in [6.45, 7) is 11.6. The van der Waals surface area contributed by atoms with Crippen LogP contribution < -0.4 is 0 Å². The van der Waals surface area contributed by atoms with Crippen LogP contribution in [0.25, 0.3) is 0 Å². The summed E-state index contributed by atoms with van der Waals surface area (Å²) < 4.78 is 10.4. The van der Waals surface area contributed by atoms with Crippen LogP contribution in [-0.4, -0.2) is 13.1 Å². The molecule has 0 saturated carbocycles. The summed E-state index contributed by atoms with van der Waals surface area (Å²) >= 11 is 1.93. The maximum absolute atomic E-state index is 11.6. The van der Waals surface area contributed by atoms with Crippen molar-refractivity contribution >= 4 is 17.3 Å². The SMILES string of the molecule is COC(=O)c1ccc(Cc2c(C)sc3c2C(C)(C)CCC3(C)C)o1. The van der Waals surface area contributed by atoms with Crippen molar-refractivity contribution in [3.8, 4) is 0 Å². The van der Waals surface area contributed by atoms with Gasteiger partial charge in [0.25, 0.3) is 0 Å². The smallest absolute Gasteiger partial charge is 0.373 e. The zero-order valence-corrected chi connectivity index (χ0v) is 16.2. The summed E-state index contributed by atoms with van der Waals surface area (Å²) in [5.74, 6) is 0.666. The van der Waals surface area contributed by atoms with E-state index in [4.69, 9.17) is 9.15 Å². The number of rotatable bonds is 3. The largest absolute Gasteiger partial charge is 0.463 e. The van der Waals surface area contributed by atoms with E-state index in [0.29, 0.717) is 0 Å². The summed E-state index contributed by atoms with van der Waals surface area (Å²) in [6.07, 6.45) is 3.15. The number of carbonyl (C=O) groups excluding carboxylic acids is 1. The van der Waals surface area contributed by atoms with E-state index >= 15 is 0 Å². The van der Waals surface area contributed by atoms with E-state index < -0.39 is 5.97 Å². The molecule has 0 saturated heterocycles. The molecule has 0 N–H and O–H groups in total. The van der Waals surface area contributed by atoms with Gasteiger partial charge in [-0.25, -0.2) is 4.79 Å². The van der Waals surface area contributed by atoms with Crippen LogP contribution in [0.4, 0.5) is 0 Å². The van der Waals surface area contributed by atoms with Gasteiger partial charge in [-0.3, -0.25) is 0 Å². The van der Waals surface area contributed by atoms with E-state index in [2.05, 4.69) is 34.6 Å². The third-order valence-corrected chi connectivity index (χ3v) is 6.79. The normalized spacial score (nSPS) is 18.2. The molecule has 2 aromatic rings. The highest BCUT2D eigenvalue weighted by molar-refractivity contribution is 7.12. The van der Waals surface area contributed by atoms with E-state index in [1.54, 1.807) is 6.07 Å². The van der Waals surface area contributed by atoms with Gasteiger partial charge in [0, 0.05) is 16.2 Å². The standard InChI is InChI=1S/C20H26O3S/c1-12-14(11-13-7-8-15(23-13)18(21)22-6)16-17(24-12)20(4,5)10-9-19(16,2)3/h7-8H,9-11H2,1-6H3. The molecule has 1 aliphatic rings. The number of furan rings is 1. The van der Waals surface area contributed by atoms with Crippen LogP contribution in [-0.2, 0) is 22.0 Å². The van der Waals surface area contributed by atoms with E-state index in [1.165, 1.54) is 40.8 Å². The van der Waals surface area contributed by atoms with Crippen molar-refractivity contribution in [2.24, 2.45) is 0 Å². The summed E-state index contributed by atoms with van der Waals surface area (Å²) in [7, 11) is 1.37. The van der Waals surface area contributed by atoms with Crippen molar-refractivity contribution in [3.05, 3.63) is 44.5 Å². The second kappa shape index (κ2) is 5.76. The number of aryl methyl sites for hydroxylation is 1. The Hall–Kier alpha value is -1.55. The van der Waals surface area contributed by atoms with Gasteiger partial charge >= 0.3 is 5.97 Å². The molecule has 0 spiro atoms. The number of carbonyl (C=O) groups is 1. The minimum absolute atomic E-state index is 0.183. The molecular weight excluding hydrogens is 320 g/mol. The molecule has 2 aromatic heterocycles. The molecule has 0 amide bonds. The Labute approximate surface area is 148 Å². The molecule has 0 aromatic carbocycles. The first-order valence-electron chi connectivity index (χ1n) is 8.46. The molecule has 0 aliphatic heterocycles. The van der Waals surface area contributed by atoms with Crippen LogP contribution in [0.5, 0.6) is 0 Å². The number of methoxy groups -OCH3 is 1. The van der Waals surface area contributed by atoms with Crippen LogP contribution >= 0.6 is 11.3 Å². The van der Waals surface area contributed by atoms with E-state index in [1.807, 2.05) is 17.4 Å². The topological polar surface area (TPSA) is 39.4 Å².